The lowest BCUT2D eigenvalue weighted by Gasteiger charge is -2.27. The lowest BCUT2D eigenvalue weighted by molar-refractivity contribution is 0.670. The van der Waals surface area contributed by atoms with E-state index in [-0.39, 0.29) is 6.04 Å². The average molecular weight is 298 g/mol. The number of imidazole rings is 1. The fraction of sp³-hybridized carbons (Fsp3) is 0.583. The van der Waals surface area contributed by atoms with Gasteiger partial charge in [-0.2, -0.15) is 0 Å². The van der Waals surface area contributed by atoms with Crippen molar-refractivity contribution in [1.82, 2.24) is 9.38 Å². The number of aromatic nitrogens is 2. The number of nitrogens with zero attached hydrogens (tertiary/aromatic N) is 3. The SMILES string of the molecule is CC(N)Cc1c(N2CCS(=O)CC2)nc2sccn12. The van der Waals surface area contributed by atoms with Crippen LogP contribution in [0, 0.1) is 0 Å². The van der Waals surface area contributed by atoms with Gasteiger partial charge in [0.1, 0.15) is 0 Å². The first-order valence-electron chi connectivity index (χ1n) is 6.45. The highest BCUT2D eigenvalue weighted by Gasteiger charge is 2.23. The molecule has 0 saturated carbocycles. The van der Waals surface area contributed by atoms with Crippen molar-refractivity contribution in [3.63, 3.8) is 0 Å². The van der Waals surface area contributed by atoms with Gasteiger partial charge in [-0.15, -0.1) is 11.3 Å². The predicted molar refractivity (Wildman–Crippen MR) is 80.5 cm³/mol. The second-order valence-corrected chi connectivity index (χ2v) is 7.52. The van der Waals surface area contributed by atoms with E-state index in [0.29, 0.717) is 0 Å². The fourth-order valence-corrected chi connectivity index (χ4v) is 4.20. The van der Waals surface area contributed by atoms with Crippen molar-refractivity contribution in [3.8, 4) is 0 Å². The minimum atomic E-state index is -0.659. The fourth-order valence-electron chi connectivity index (χ4n) is 2.42. The van der Waals surface area contributed by atoms with Gasteiger partial charge in [0.2, 0.25) is 0 Å². The maximum Gasteiger partial charge on any atom is 0.195 e. The van der Waals surface area contributed by atoms with Crippen LogP contribution in [0.25, 0.3) is 4.96 Å². The van der Waals surface area contributed by atoms with Crippen LogP contribution in [0.3, 0.4) is 0 Å². The number of hydrogen-bond donors (Lipinski definition) is 1. The Morgan fingerprint density at radius 3 is 2.95 bits per heavy atom. The maximum atomic E-state index is 11.5. The van der Waals surface area contributed by atoms with E-state index in [0.717, 1.165) is 41.8 Å². The van der Waals surface area contributed by atoms with E-state index < -0.39 is 10.8 Å². The van der Waals surface area contributed by atoms with Crippen molar-refractivity contribution in [2.24, 2.45) is 5.73 Å². The summed E-state index contributed by atoms with van der Waals surface area (Å²) < 4.78 is 13.6. The summed E-state index contributed by atoms with van der Waals surface area (Å²) in [6.07, 6.45) is 2.86. The van der Waals surface area contributed by atoms with Crippen molar-refractivity contribution in [3.05, 3.63) is 17.3 Å². The largest absolute Gasteiger partial charge is 0.353 e. The van der Waals surface area contributed by atoms with Crippen LogP contribution < -0.4 is 10.6 Å². The van der Waals surface area contributed by atoms with Gasteiger partial charge in [-0.05, 0) is 6.92 Å². The molecule has 0 spiro atoms. The van der Waals surface area contributed by atoms with Crippen LogP contribution in [0.5, 0.6) is 0 Å². The molecule has 0 amide bonds. The van der Waals surface area contributed by atoms with Crippen LogP contribution in [0.15, 0.2) is 11.6 Å². The van der Waals surface area contributed by atoms with Crippen molar-refractivity contribution >= 4 is 32.9 Å². The van der Waals surface area contributed by atoms with Crippen LogP contribution in [0.2, 0.25) is 0 Å². The van der Waals surface area contributed by atoms with Crippen molar-refractivity contribution in [2.45, 2.75) is 19.4 Å². The van der Waals surface area contributed by atoms with E-state index in [1.807, 2.05) is 12.3 Å². The Balaban J connectivity index is 1.97. The number of anilines is 1. The average Bonchev–Trinajstić information content (AvgIpc) is 2.93. The molecule has 0 aliphatic carbocycles. The van der Waals surface area contributed by atoms with Gasteiger partial charge in [-0.25, -0.2) is 4.98 Å². The second kappa shape index (κ2) is 5.22. The first kappa shape index (κ1) is 13.1. The number of nitrogens with two attached hydrogens (primary N) is 1. The monoisotopic (exact) mass is 298 g/mol. The Kier molecular flexibility index (Phi) is 3.60. The zero-order valence-corrected chi connectivity index (χ0v) is 12.5. The molecule has 2 N–H and O–H groups in total. The van der Waals surface area contributed by atoms with E-state index >= 15 is 0 Å². The molecule has 7 heteroatoms. The molecule has 0 bridgehead atoms. The van der Waals surface area contributed by atoms with E-state index in [4.69, 9.17) is 10.7 Å². The molecule has 104 valence electrons. The molecule has 2 aromatic rings. The zero-order valence-electron chi connectivity index (χ0n) is 10.9. The van der Waals surface area contributed by atoms with Gasteiger partial charge in [0, 0.05) is 59.4 Å². The third-order valence-corrected chi connectivity index (χ3v) is 5.36. The Labute approximate surface area is 118 Å². The molecule has 1 atom stereocenters. The van der Waals surface area contributed by atoms with Gasteiger partial charge in [-0.1, -0.05) is 0 Å². The summed E-state index contributed by atoms with van der Waals surface area (Å²) >= 11 is 1.64. The highest BCUT2D eigenvalue weighted by molar-refractivity contribution is 7.85. The first-order valence-corrected chi connectivity index (χ1v) is 8.82. The summed E-state index contributed by atoms with van der Waals surface area (Å²) in [6, 6.07) is 0.109. The molecule has 1 aliphatic heterocycles. The van der Waals surface area contributed by atoms with Gasteiger partial charge in [0.15, 0.2) is 10.8 Å². The standard InChI is InChI=1S/C12H18N4OS2/c1-9(13)8-10-11(14-12-16(10)2-5-18-12)15-3-6-19(17)7-4-15/h2,5,9H,3-4,6-8,13H2,1H3. The molecule has 3 rings (SSSR count). The summed E-state index contributed by atoms with van der Waals surface area (Å²) in [4.78, 5) is 7.99. The summed E-state index contributed by atoms with van der Waals surface area (Å²) in [5.41, 5.74) is 7.14. The smallest absolute Gasteiger partial charge is 0.195 e. The van der Waals surface area contributed by atoms with Gasteiger partial charge in [0.05, 0.1) is 5.69 Å². The number of hydrogen-bond acceptors (Lipinski definition) is 5. The van der Waals surface area contributed by atoms with E-state index in [1.165, 1.54) is 5.69 Å². The molecule has 1 unspecified atom stereocenters. The molecule has 1 saturated heterocycles. The van der Waals surface area contributed by atoms with Gasteiger partial charge in [0.25, 0.3) is 0 Å². The van der Waals surface area contributed by atoms with Crippen molar-refractivity contribution < 1.29 is 4.21 Å². The van der Waals surface area contributed by atoms with Crippen molar-refractivity contribution in [1.29, 1.82) is 0 Å². The minimum Gasteiger partial charge on any atom is -0.353 e. The van der Waals surface area contributed by atoms with Crippen LogP contribution in [0.4, 0.5) is 5.82 Å². The second-order valence-electron chi connectivity index (χ2n) is 4.95. The number of fused-ring (bicyclic) bond motifs is 1. The predicted octanol–water partition coefficient (Wildman–Crippen LogP) is 0.854. The topological polar surface area (TPSA) is 63.6 Å². The Hall–Kier alpha value is -0.920. The van der Waals surface area contributed by atoms with Gasteiger partial charge >= 0.3 is 0 Å². The molecular weight excluding hydrogens is 280 g/mol. The molecule has 0 radical (unpaired) electrons. The van der Waals surface area contributed by atoms with E-state index in [2.05, 4.69) is 15.5 Å². The third kappa shape index (κ3) is 2.54. The van der Waals surface area contributed by atoms with E-state index in [1.54, 1.807) is 11.3 Å². The molecule has 2 aromatic heterocycles. The van der Waals surface area contributed by atoms with Crippen LogP contribution >= 0.6 is 11.3 Å². The highest BCUT2D eigenvalue weighted by Crippen LogP contribution is 2.26. The Morgan fingerprint density at radius 2 is 2.26 bits per heavy atom. The maximum absolute atomic E-state index is 11.5. The van der Waals surface area contributed by atoms with Crippen LogP contribution in [-0.2, 0) is 17.2 Å². The molecule has 19 heavy (non-hydrogen) atoms. The van der Waals surface area contributed by atoms with Crippen LogP contribution in [0.1, 0.15) is 12.6 Å². The van der Waals surface area contributed by atoms with Gasteiger partial charge in [-0.3, -0.25) is 8.61 Å². The molecule has 5 nitrogen and oxygen atoms in total. The highest BCUT2D eigenvalue weighted by atomic mass is 32.2. The summed E-state index contributed by atoms with van der Waals surface area (Å²) in [6.45, 7) is 3.66. The van der Waals surface area contributed by atoms with Crippen LogP contribution in [-0.4, -0.2) is 44.2 Å². The van der Waals surface area contributed by atoms with E-state index in [9.17, 15) is 4.21 Å². The molecule has 1 fully saturated rings. The normalized spacial score (nSPS) is 19.2. The van der Waals surface area contributed by atoms with Crippen molar-refractivity contribution in [2.75, 3.05) is 29.5 Å². The molecular formula is C12H18N4OS2. The summed E-state index contributed by atoms with van der Waals surface area (Å²) in [5.74, 6) is 2.51. The zero-order chi connectivity index (χ0) is 13.4. The number of thiazole rings is 1. The Morgan fingerprint density at radius 1 is 1.53 bits per heavy atom. The summed E-state index contributed by atoms with van der Waals surface area (Å²) in [7, 11) is -0.659. The minimum absolute atomic E-state index is 0.109. The molecule has 1 aliphatic rings. The summed E-state index contributed by atoms with van der Waals surface area (Å²) in [5, 5.41) is 2.04. The molecule has 0 aromatic carbocycles. The van der Waals surface area contributed by atoms with Gasteiger partial charge < -0.3 is 10.6 Å². The first-order chi connectivity index (χ1) is 9.15. The Bertz CT molecular complexity index is 594. The lowest BCUT2D eigenvalue weighted by atomic mass is 10.2. The third-order valence-electron chi connectivity index (χ3n) is 3.33. The number of rotatable bonds is 3. The molecule has 3 heterocycles. The quantitative estimate of drug-likeness (QED) is 0.912. The lowest BCUT2D eigenvalue weighted by Crippen LogP contribution is -2.38.